The fourth-order valence-electron chi connectivity index (χ4n) is 2.34. The first-order chi connectivity index (χ1) is 10.1. The molecule has 21 heavy (non-hydrogen) atoms. The van der Waals surface area contributed by atoms with E-state index in [-0.39, 0.29) is 11.3 Å². The van der Waals surface area contributed by atoms with Crippen molar-refractivity contribution in [1.29, 1.82) is 0 Å². The quantitative estimate of drug-likeness (QED) is 0.840. The van der Waals surface area contributed by atoms with Gasteiger partial charge in [-0.25, -0.2) is 5.43 Å². The lowest BCUT2D eigenvalue weighted by molar-refractivity contribution is 0.0951. The normalized spacial score (nSPS) is 15.8. The van der Waals surface area contributed by atoms with Crippen LogP contribution < -0.4 is 5.43 Å². The summed E-state index contributed by atoms with van der Waals surface area (Å²) in [6.07, 6.45) is 2.88. The summed E-state index contributed by atoms with van der Waals surface area (Å²) in [6.45, 7) is 5.23. The number of carbonyl (C=O) groups is 1. The molecule has 5 nitrogen and oxygen atoms in total. The smallest absolute Gasteiger partial charge is 0.275 e. The number of hydrazone groups is 1. The molecule has 0 atom stereocenters. The number of likely N-dealkylation sites (tertiary alicyclic amines) is 1. The molecule has 0 aliphatic carbocycles. The van der Waals surface area contributed by atoms with Gasteiger partial charge >= 0.3 is 0 Å². The number of phenols is 1. The Morgan fingerprint density at radius 3 is 2.81 bits per heavy atom. The van der Waals surface area contributed by atoms with Gasteiger partial charge in [0.25, 0.3) is 5.91 Å². The van der Waals surface area contributed by atoms with Gasteiger partial charge in [0.15, 0.2) is 0 Å². The molecule has 1 heterocycles. The standard InChI is InChI=1S/C15H20ClN3O2/c1-2-7-19-8-5-12(6-9-19)17-18-15(21)13-10-11(16)3-4-14(13)20/h3-4,10,20H,2,5-9H2,1H3,(H,18,21). The number of hydrogen-bond acceptors (Lipinski definition) is 4. The van der Waals surface area contributed by atoms with Gasteiger partial charge in [0, 0.05) is 36.7 Å². The van der Waals surface area contributed by atoms with Crippen LogP contribution in [0, 0.1) is 0 Å². The number of nitrogens with one attached hydrogen (secondary N) is 1. The minimum atomic E-state index is -0.446. The average molecular weight is 310 g/mol. The van der Waals surface area contributed by atoms with Crippen molar-refractivity contribution < 1.29 is 9.90 Å². The summed E-state index contributed by atoms with van der Waals surface area (Å²) in [7, 11) is 0. The van der Waals surface area contributed by atoms with Crippen LogP contribution in [-0.2, 0) is 0 Å². The first-order valence-electron chi connectivity index (χ1n) is 7.16. The number of rotatable bonds is 4. The Labute approximate surface area is 129 Å². The second kappa shape index (κ2) is 7.43. The fourth-order valence-corrected chi connectivity index (χ4v) is 2.52. The van der Waals surface area contributed by atoms with E-state index in [0.29, 0.717) is 5.02 Å². The molecule has 0 spiro atoms. The maximum atomic E-state index is 12.0. The van der Waals surface area contributed by atoms with E-state index >= 15 is 0 Å². The van der Waals surface area contributed by atoms with Crippen molar-refractivity contribution in [1.82, 2.24) is 10.3 Å². The Balaban J connectivity index is 1.92. The van der Waals surface area contributed by atoms with E-state index in [1.165, 1.54) is 18.2 Å². The zero-order valence-electron chi connectivity index (χ0n) is 12.1. The molecule has 0 radical (unpaired) electrons. The predicted octanol–water partition coefficient (Wildman–Crippen LogP) is 2.64. The second-order valence-corrected chi connectivity index (χ2v) is 5.56. The maximum Gasteiger partial charge on any atom is 0.275 e. The number of benzene rings is 1. The summed E-state index contributed by atoms with van der Waals surface area (Å²) in [4.78, 5) is 14.4. The van der Waals surface area contributed by atoms with E-state index in [1.54, 1.807) is 0 Å². The summed E-state index contributed by atoms with van der Waals surface area (Å²) in [5.74, 6) is -0.548. The van der Waals surface area contributed by atoms with Gasteiger partial charge in [0.1, 0.15) is 5.75 Å². The molecule has 1 aromatic carbocycles. The summed E-state index contributed by atoms with van der Waals surface area (Å²) < 4.78 is 0. The highest BCUT2D eigenvalue weighted by molar-refractivity contribution is 6.31. The Kier molecular flexibility index (Phi) is 5.59. The minimum Gasteiger partial charge on any atom is -0.507 e. The topological polar surface area (TPSA) is 64.9 Å². The third-order valence-corrected chi connectivity index (χ3v) is 3.73. The maximum absolute atomic E-state index is 12.0. The van der Waals surface area contributed by atoms with Gasteiger partial charge in [-0.1, -0.05) is 18.5 Å². The summed E-state index contributed by atoms with van der Waals surface area (Å²) >= 11 is 5.82. The molecule has 0 unspecified atom stereocenters. The molecule has 1 fully saturated rings. The SMILES string of the molecule is CCCN1CCC(=NNC(=O)c2cc(Cl)ccc2O)CC1. The molecule has 2 N–H and O–H groups in total. The van der Waals surface area contributed by atoms with Gasteiger partial charge in [-0.15, -0.1) is 0 Å². The van der Waals surface area contributed by atoms with Crippen molar-refractivity contribution in [3.63, 3.8) is 0 Å². The zero-order chi connectivity index (χ0) is 15.2. The van der Waals surface area contributed by atoms with Crippen LogP contribution in [0.5, 0.6) is 5.75 Å². The third-order valence-electron chi connectivity index (χ3n) is 3.49. The Morgan fingerprint density at radius 1 is 1.43 bits per heavy atom. The van der Waals surface area contributed by atoms with Crippen molar-refractivity contribution in [3.8, 4) is 5.75 Å². The first kappa shape index (κ1) is 15.8. The summed E-state index contributed by atoms with van der Waals surface area (Å²) in [5.41, 5.74) is 3.61. The lowest BCUT2D eigenvalue weighted by atomic mass is 10.1. The largest absolute Gasteiger partial charge is 0.507 e. The molecule has 1 aliphatic heterocycles. The van der Waals surface area contributed by atoms with E-state index in [0.717, 1.165) is 44.6 Å². The molecule has 1 aliphatic rings. The van der Waals surface area contributed by atoms with Crippen molar-refractivity contribution in [2.24, 2.45) is 5.10 Å². The number of halogens is 1. The van der Waals surface area contributed by atoms with Crippen LogP contribution in [0.1, 0.15) is 36.5 Å². The highest BCUT2D eigenvalue weighted by atomic mass is 35.5. The minimum absolute atomic E-state index is 0.102. The first-order valence-corrected chi connectivity index (χ1v) is 7.54. The number of phenolic OH excluding ortho intramolecular Hbond substituents is 1. The summed E-state index contributed by atoms with van der Waals surface area (Å²) in [6, 6.07) is 4.35. The van der Waals surface area contributed by atoms with E-state index in [4.69, 9.17) is 11.6 Å². The highest BCUT2D eigenvalue weighted by Gasteiger charge is 2.15. The highest BCUT2D eigenvalue weighted by Crippen LogP contribution is 2.21. The van der Waals surface area contributed by atoms with Crippen LogP contribution in [0.3, 0.4) is 0 Å². The average Bonchev–Trinajstić information content (AvgIpc) is 2.49. The molecule has 2 rings (SSSR count). The van der Waals surface area contributed by atoms with Crippen molar-refractivity contribution >= 4 is 23.2 Å². The number of aromatic hydroxyl groups is 1. The Morgan fingerprint density at radius 2 is 2.14 bits per heavy atom. The van der Waals surface area contributed by atoms with Gasteiger partial charge in [0.05, 0.1) is 5.56 Å². The van der Waals surface area contributed by atoms with Crippen LogP contribution in [-0.4, -0.2) is 41.3 Å². The number of piperidine rings is 1. The van der Waals surface area contributed by atoms with Gasteiger partial charge in [-0.3, -0.25) is 4.79 Å². The molecule has 0 aromatic heterocycles. The van der Waals surface area contributed by atoms with Crippen molar-refractivity contribution in [2.75, 3.05) is 19.6 Å². The molecule has 1 amide bonds. The number of amides is 1. The molecule has 114 valence electrons. The summed E-state index contributed by atoms with van der Waals surface area (Å²) in [5, 5.41) is 14.2. The Bertz CT molecular complexity index is 536. The molecular weight excluding hydrogens is 290 g/mol. The van der Waals surface area contributed by atoms with Crippen LogP contribution in [0.2, 0.25) is 5.02 Å². The van der Waals surface area contributed by atoms with Crippen LogP contribution in [0.15, 0.2) is 23.3 Å². The van der Waals surface area contributed by atoms with E-state index in [1.807, 2.05) is 0 Å². The Hall–Kier alpha value is -1.59. The molecule has 1 saturated heterocycles. The van der Waals surface area contributed by atoms with Crippen molar-refractivity contribution in [3.05, 3.63) is 28.8 Å². The van der Waals surface area contributed by atoms with E-state index in [2.05, 4.69) is 22.4 Å². The molecule has 0 saturated carbocycles. The predicted molar refractivity (Wildman–Crippen MR) is 84.0 cm³/mol. The van der Waals surface area contributed by atoms with Crippen LogP contribution in [0.25, 0.3) is 0 Å². The second-order valence-electron chi connectivity index (χ2n) is 5.12. The molecular formula is C15H20ClN3O2. The van der Waals surface area contributed by atoms with E-state index < -0.39 is 5.91 Å². The van der Waals surface area contributed by atoms with Gasteiger partial charge < -0.3 is 10.0 Å². The lowest BCUT2D eigenvalue weighted by Crippen LogP contribution is -2.35. The number of nitrogens with zero attached hydrogens (tertiary/aromatic N) is 2. The zero-order valence-corrected chi connectivity index (χ0v) is 12.9. The van der Waals surface area contributed by atoms with Crippen molar-refractivity contribution in [2.45, 2.75) is 26.2 Å². The van der Waals surface area contributed by atoms with Gasteiger partial charge in [-0.2, -0.15) is 5.10 Å². The monoisotopic (exact) mass is 309 g/mol. The molecule has 0 bridgehead atoms. The molecule has 1 aromatic rings. The molecule has 6 heteroatoms. The third kappa shape index (κ3) is 4.44. The van der Waals surface area contributed by atoms with Crippen LogP contribution >= 0.6 is 11.6 Å². The number of carbonyl (C=O) groups excluding carboxylic acids is 1. The van der Waals surface area contributed by atoms with E-state index in [9.17, 15) is 9.90 Å². The number of hydrogen-bond donors (Lipinski definition) is 2. The van der Waals surface area contributed by atoms with Crippen LogP contribution in [0.4, 0.5) is 0 Å². The van der Waals surface area contributed by atoms with Gasteiger partial charge in [-0.05, 0) is 31.2 Å². The lowest BCUT2D eigenvalue weighted by Gasteiger charge is -2.26. The fraction of sp³-hybridized carbons (Fsp3) is 0.467. The van der Waals surface area contributed by atoms with Gasteiger partial charge in [0.2, 0.25) is 0 Å².